The maximum Gasteiger partial charge on any atom is 0.328 e. The normalized spacial score (nSPS) is 11.3. The van der Waals surface area contributed by atoms with Crippen molar-refractivity contribution in [1.82, 2.24) is 10.6 Å². The van der Waals surface area contributed by atoms with Crippen LogP contribution in [0, 0.1) is 0 Å². The summed E-state index contributed by atoms with van der Waals surface area (Å²) in [6.45, 7) is -0.239. The zero-order valence-corrected chi connectivity index (χ0v) is 15.8. The molecule has 0 heterocycles. The molecule has 0 fully saturated rings. The largest absolute Gasteiger partial charge is 0.467 e. The molecule has 2 N–H and O–H groups in total. The van der Waals surface area contributed by atoms with Gasteiger partial charge in [-0.2, -0.15) is 0 Å². The highest BCUT2D eigenvalue weighted by atomic mass is 79.9. The molecule has 136 valence electrons. The molecule has 2 aromatic rings. The van der Waals surface area contributed by atoms with Crippen molar-refractivity contribution in [3.05, 3.63) is 70.2 Å². The minimum atomic E-state index is -0.820. The van der Waals surface area contributed by atoms with Crippen LogP contribution in [0.25, 0.3) is 0 Å². The number of rotatable bonds is 7. The van der Waals surface area contributed by atoms with Gasteiger partial charge in [-0.05, 0) is 29.8 Å². The molecule has 0 aromatic heterocycles. The van der Waals surface area contributed by atoms with Crippen molar-refractivity contribution in [1.29, 1.82) is 0 Å². The Kier molecular flexibility index (Phi) is 7.35. The zero-order chi connectivity index (χ0) is 18.9. The number of benzene rings is 2. The van der Waals surface area contributed by atoms with Crippen LogP contribution in [0.4, 0.5) is 0 Å². The first-order valence-corrected chi connectivity index (χ1v) is 8.74. The molecule has 7 heteroatoms. The van der Waals surface area contributed by atoms with Crippen molar-refractivity contribution in [2.45, 2.75) is 12.5 Å². The number of nitrogens with one attached hydrogen (secondary N) is 2. The van der Waals surface area contributed by atoms with Gasteiger partial charge in [0.1, 0.15) is 6.04 Å². The Hall–Kier alpha value is -2.67. The summed E-state index contributed by atoms with van der Waals surface area (Å²) >= 11 is 3.29. The van der Waals surface area contributed by atoms with Gasteiger partial charge in [-0.3, -0.25) is 9.59 Å². The number of ether oxygens (including phenoxy) is 1. The lowest BCUT2D eigenvalue weighted by Crippen LogP contribution is -2.47. The standard InChI is InChI=1S/C19H19BrN2O4/c1-26-19(25)16(11-13-5-3-2-4-6-13)22-17(23)12-21-18(24)14-7-9-15(20)10-8-14/h2-10,16H,11-12H2,1H3,(H,21,24)(H,22,23)/t16-/m0/s1. The molecule has 26 heavy (non-hydrogen) atoms. The average molecular weight is 419 g/mol. The maximum absolute atomic E-state index is 12.1. The van der Waals surface area contributed by atoms with Crippen molar-refractivity contribution in [3.63, 3.8) is 0 Å². The molecular formula is C19H19BrN2O4. The lowest BCUT2D eigenvalue weighted by atomic mass is 10.1. The van der Waals surface area contributed by atoms with Gasteiger partial charge >= 0.3 is 5.97 Å². The fourth-order valence-corrected chi connectivity index (χ4v) is 2.56. The van der Waals surface area contributed by atoms with Crippen LogP contribution in [0.1, 0.15) is 15.9 Å². The summed E-state index contributed by atoms with van der Waals surface area (Å²) in [4.78, 5) is 36.1. The highest BCUT2D eigenvalue weighted by Crippen LogP contribution is 2.10. The number of hydrogen-bond donors (Lipinski definition) is 2. The summed E-state index contributed by atoms with van der Waals surface area (Å²) in [5.41, 5.74) is 1.33. The fraction of sp³-hybridized carbons (Fsp3) is 0.211. The van der Waals surface area contributed by atoms with E-state index >= 15 is 0 Å². The van der Waals surface area contributed by atoms with Gasteiger partial charge in [0.25, 0.3) is 5.91 Å². The van der Waals surface area contributed by atoms with E-state index in [4.69, 9.17) is 4.74 Å². The summed E-state index contributed by atoms with van der Waals surface area (Å²) < 4.78 is 5.60. The molecule has 0 spiro atoms. The van der Waals surface area contributed by atoms with Crippen LogP contribution < -0.4 is 10.6 Å². The van der Waals surface area contributed by atoms with Gasteiger partial charge < -0.3 is 15.4 Å². The summed E-state index contributed by atoms with van der Waals surface area (Å²) in [6, 6.07) is 15.2. The number of halogens is 1. The third-order valence-electron chi connectivity index (χ3n) is 3.62. The quantitative estimate of drug-likeness (QED) is 0.674. The average Bonchev–Trinajstić information content (AvgIpc) is 2.66. The molecule has 0 aliphatic rings. The van der Waals surface area contributed by atoms with Crippen LogP contribution in [0.2, 0.25) is 0 Å². The van der Waals surface area contributed by atoms with E-state index in [1.807, 2.05) is 30.3 Å². The first-order chi connectivity index (χ1) is 12.5. The highest BCUT2D eigenvalue weighted by molar-refractivity contribution is 9.10. The molecule has 2 aromatic carbocycles. The van der Waals surface area contributed by atoms with E-state index in [9.17, 15) is 14.4 Å². The molecule has 0 bridgehead atoms. The summed E-state index contributed by atoms with van der Waals surface area (Å²) in [5.74, 6) is -1.38. The van der Waals surface area contributed by atoms with Gasteiger partial charge in [-0.15, -0.1) is 0 Å². The Bertz CT molecular complexity index is 763. The van der Waals surface area contributed by atoms with Crippen molar-refractivity contribution in [3.8, 4) is 0 Å². The topological polar surface area (TPSA) is 84.5 Å². The molecule has 6 nitrogen and oxygen atoms in total. The number of methoxy groups -OCH3 is 1. The monoisotopic (exact) mass is 418 g/mol. The Balaban J connectivity index is 1.91. The summed E-state index contributed by atoms with van der Waals surface area (Å²) in [6.07, 6.45) is 0.305. The molecule has 1 atom stereocenters. The fourth-order valence-electron chi connectivity index (χ4n) is 2.29. The van der Waals surface area contributed by atoms with E-state index < -0.39 is 17.9 Å². The summed E-state index contributed by atoms with van der Waals surface area (Å²) in [5, 5.41) is 5.12. The van der Waals surface area contributed by atoms with E-state index in [2.05, 4.69) is 26.6 Å². The number of carbonyl (C=O) groups is 3. The van der Waals surface area contributed by atoms with E-state index in [1.54, 1.807) is 24.3 Å². The van der Waals surface area contributed by atoms with Crippen LogP contribution in [0.3, 0.4) is 0 Å². The predicted octanol–water partition coefficient (Wildman–Crippen LogP) is 2.08. The van der Waals surface area contributed by atoms with Gasteiger partial charge in [0.2, 0.25) is 5.91 Å². The number of carbonyl (C=O) groups excluding carboxylic acids is 3. The third-order valence-corrected chi connectivity index (χ3v) is 4.15. The molecule has 0 aliphatic heterocycles. The molecule has 0 aliphatic carbocycles. The number of esters is 1. The van der Waals surface area contributed by atoms with Gasteiger partial charge in [0.15, 0.2) is 0 Å². The molecule has 0 unspecified atom stereocenters. The van der Waals surface area contributed by atoms with Crippen molar-refractivity contribution in [2.75, 3.05) is 13.7 Å². The lowest BCUT2D eigenvalue weighted by molar-refractivity contribution is -0.144. The van der Waals surface area contributed by atoms with E-state index in [0.29, 0.717) is 12.0 Å². The molecule has 2 amide bonds. The van der Waals surface area contributed by atoms with Crippen molar-refractivity contribution in [2.24, 2.45) is 0 Å². The number of hydrogen-bond acceptors (Lipinski definition) is 4. The highest BCUT2D eigenvalue weighted by Gasteiger charge is 2.22. The molecule has 2 rings (SSSR count). The molecule has 0 saturated heterocycles. The van der Waals surface area contributed by atoms with Gasteiger partial charge in [0, 0.05) is 16.5 Å². The van der Waals surface area contributed by atoms with E-state index in [-0.39, 0.29) is 12.5 Å². The third kappa shape index (κ3) is 6.00. The number of amides is 2. The second kappa shape index (κ2) is 9.72. The minimum Gasteiger partial charge on any atom is -0.467 e. The Morgan fingerprint density at radius 2 is 1.69 bits per heavy atom. The molecular weight excluding hydrogens is 400 g/mol. The van der Waals surface area contributed by atoms with E-state index in [1.165, 1.54) is 7.11 Å². The smallest absolute Gasteiger partial charge is 0.328 e. The first kappa shape index (κ1) is 19.7. The minimum absolute atomic E-state index is 0.239. The summed E-state index contributed by atoms with van der Waals surface area (Å²) in [7, 11) is 1.27. The van der Waals surface area contributed by atoms with Crippen LogP contribution >= 0.6 is 15.9 Å². The predicted molar refractivity (Wildman–Crippen MR) is 101 cm³/mol. The first-order valence-electron chi connectivity index (χ1n) is 7.94. The Labute approximate surface area is 160 Å². The lowest BCUT2D eigenvalue weighted by Gasteiger charge is -2.17. The second-order valence-electron chi connectivity index (χ2n) is 5.52. The zero-order valence-electron chi connectivity index (χ0n) is 14.2. The molecule has 0 saturated carbocycles. The van der Waals surface area contributed by atoms with Crippen molar-refractivity contribution >= 4 is 33.7 Å². The second-order valence-corrected chi connectivity index (χ2v) is 6.44. The van der Waals surface area contributed by atoms with Crippen LogP contribution in [-0.4, -0.2) is 37.5 Å². The van der Waals surface area contributed by atoms with Crippen LogP contribution in [-0.2, 0) is 20.7 Å². The maximum atomic E-state index is 12.1. The van der Waals surface area contributed by atoms with Crippen LogP contribution in [0.5, 0.6) is 0 Å². The van der Waals surface area contributed by atoms with Gasteiger partial charge in [0.05, 0.1) is 13.7 Å². The van der Waals surface area contributed by atoms with E-state index in [0.717, 1.165) is 10.0 Å². The van der Waals surface area contributed by atoms with Crippen molar-refractivity contribution < 1.29 is 19.1 Å². The molecule has 0 radical (unpaired) electrons. The van der Waals surface area contributed by atoms with Crippen LogP contribution in [0.15, 0.2) is 59.1 Å². The van der Waals surface area contributed by atoms with Gasteiger partial charge in [-0.1, -0.05) is 46.3 Å². The Morgan fingerprint density at radius 3 is 2.31 bits per heavy atom. The SMILES string of the molecule is COC(=O)[C@H](Cc1ccccc1)NC(=O)CNC(=O)c1ccc(Br)cc1. The van der Waals surface area contributed by atoms with Gasteiger partial charge in [-0.25, -0.2) is 4.79 Å². The Morgan fingerprint density at radius 1 is 1.04 bits per heavy atom.